The minimum absolute atomic E-state index is 0.239. The van der Waals surface area contributed by atoms with Crippen LogP contribution in [0.4, 0.5) is 21.8 Å². The summed E-state index contributed by atoms with van der Waals surface area (Å²) in [6, 6.07) is 2.51. The third-order valence-corrected chi connectivity index (χ3v) is 6.93. The van der Waals surface area contributed by atoms with Gasteiger partial charge in [0.15, 0.2) is 17.5 Å². The number of aromatic nitrogens is 4. The second kappa shape index (κ2) is 7.46. The predicted molar refractivity (Wildman–Crippen MR) is 111 cm³/mol. The molecule has 0 spiro atoms. The van der Waals surface area contributed by atoms with Gasteiger partial charge in [-0.05, 0) is 25.7 Å². The highest BCUT2D eigenvalue weighted by Crippen LogP contribution is 2.40. The van der Waals surface area contributed by atoms with Crippen LogP contribution in [0.1, 0.15) is 55.5 Å². The monoisotopic (exact) mass is 413 g/mol. The summed E-state index contributed by atoms with van der Waals surface area (Å²) in [5.74, 6) is 2.56. The fraction of sp³-hybridized carbons (Fsp3) is 0.667. The van der Waals surface area contributed by atoms with Crippen molar-refractivity contribution in [2.75, 3.05) is 49.6 Å². The van der Waals surface area contributed by atoms with Gasteiger partial charge in [-0.3, -0.25) is 10.00 Å². The number of hydrogen-bond acceptors (Lipinski definition) is 7. The number of nitrogens with one attached hydrogen (secondary N) is 2. The first-order valence-electron chi connectivity index (χ1n) is 11.2. The lowest BCUT2D eigenvalue weighted by molar-refractivity contribution is -0.0661. The van der Waals surface area contributed by atoms with E-state index in [0.29, 0.717) is 29.5 Å². The Morgan fingerprint density at radius 3 is 2.47 bits per heavy atom. The Morgan fingerprint density at radius 2 is 1.83 bits per heavy atom. The van der Waals surface area contributed by atoms with Crippen LogP contribution in [0, 0.1) is 5.82 Å². The molecule has 2 N–H and O–H groups in total. The van der Waals surface area contributed by atoms with Crippen LogP contribution in [-0.4, -0.2) is 70.5 Å². The van der Waals surface area contributed by atoms with Crippen molar-refractivity contribution < 1.29 is 9.13 Å². The number of rotatable bonds is 6. The molecule has 4 fully saturated rings. The van der Waals surface area contributed by atoms with E-state index in [-0.39, 0.29) is 11.6 Å². The lowest BCUT2D eigenvalue weighted by Gasteiger charge is -2.42. The van der Waals surface area contributed by atoms with Crippen LogP contribution < -0.4 is 10.2 Å². The van der Waals surface area contributed by atoms with Gasteiger partial charge in [0.2, 0.25) is 5.82 Å². The molecule has 0 atom stereocenters. The van der Waals surface area contributed by atoms with Crippen molar-refractivity contribution in [1.82, 2.24) is 25.1 Å². The molecule has 2 saturated carbocycles. The topological polar surface area (TPSA) is 82.2 Å². The zero-order valence-electron chi connectivity index (χ0n) is 17.1. The summed E-state index contributed by atoms with van der Waals surface area (Å²) in [4.78, 5) is 13.7. The first kappa shape index (κ1) is 18.5. The molecule has 2 aliphatic heterocycles. The Hall–Kier alpha value is -2.26. The maximum absolute atomic E-state index is 15.5. The Balaban J connectivity index is 1.23. The van der Waals surface area contributed by atoms with Gasteiger partial charge in [0, 0.05) is 49.8 Å². The van der Waals surface area contributed by atoms with Gasteiger partial charge in [0.05, 0.1) is 19.3 Å². The quantitative estimate of drug-likeness (QED) is 0.754. The fourth-order valence-electron chi connectivity index (χ4n) is 4.45. The number of hydrogen-bond donors (Lipinski definition) is 2. The molecule has 160 valence electrons. The average Bonchev–Trinajstić information content (AvgIpc) is 3.42. The molecule has 0 aromatic carbocycles. The number of piperazine rings is 1. The van der Waals surface area contributed by atoms with Crippen LogP contribution in [0.5, 0.6) is 0 Å². The molecule has 0 amide bonds. The molecule has 0 unspecified atom stereocenters. The Labute approximate surface area is 175 Å². The van der Waals surface area contributed by atoms with E-state index in [1.807, 2.05) is 6.07 Å². The molecule has 30 heavy (non-hydrogen) atoms. The van der Waals surface area contributed by atoms with Crippen molar-refractivity contribution in [3.63, 3.8) is 0 Å². The molecule has 2 aromatic heterocycles. The summed E-state index contributed by atoms with van der Waals surface area (Å²) in [5, 5.41) is 10.6. The van der Waals surface area contributed by atoms with Crippen molar-refractivity contribution in [2.24, 2.45) is 0 Å². The molecule has 0 bridgehead atoms. The summed E-state index contributed by atoms with van der Waals surface area (Å²) in [6.07, 6.45) is 5.81. The van der Waals surface area contributed by atoms with Crippen LogP contribution >= 0.6 is 0 Å². The number of nitrogens with zero attached hydrogens (tertiary/aromatic N) is 5. The molecule has 4 heterocycles. The molecule has 6 rings (SSSR count). The highest BCUT2D eigenvalue weighted by Gasteiger charge is 2.33. The van der Waals surface area contributed by atoms with Crippen molar-refractivity contribution >= 4 is 17.5 Å². The van der Waals surface area contributed by atoms with E-state index in [0.717, 1.165) is 63.8 Å². The molecular formula is C21H28FN7O. The van der Waals surface area contributed by atoms with Crippen LogP contribution in [-0.2, 0) is 4.74 Å². The minimum atomic E-state index is -0.381. The molecular weight excluding hydrogens is 385 g/mol. The van der Waals surface area contributed by atoms with E-state index in [1.54, 1.807) is 0 Å². The molecule has 2 saturated heterocycles. The van der Waals surface area contributed by atoms with Gasteiger partial charge >= 0.3 is 0 Å². The summed E-state index contributed by atoms with van der Waals surface area (Å²) in [5.41, 5.74) is 1.12. The smallest absolute Gasteiger partial charge is 0.208 e. The number of anilines is 3. The maximum Gasteiger partial charge on any atom is 0.208 e. The minimum Gasteiger partial charge on any atom is -0.378 e. The second-order valence-corrected chi connectivity index (χ2v) is 9.02. The molecule has 0 radical (unpaired) electrons. The summed E-state index contributed by atoms with van der Waals surface area (Å²) in [6.45, 7) is 4.97. The average molecular weight is 414 g/mol. The Kier molecular flexibility index (Phi) is 4.60. The number of H-pyrrole nitrogens is 1. The number of halogens is 1. The first-order valence-corrected chi connectivity index (χ1v) is 11.2. The molecule has 4 aliphatic rings. The van der Waals surface area contributed by atoms with Crippen molar-refractivity contribution in [3.05, 3.63) is 23.4 Å². The molecule has 8 nitrogen and oxygen atoms in total. The van der Waals surface area contributed by atoms with E-state index in [9.17, 15) is 0 Å². The van der Waals surface area contributed by atoms with Crippen molar-refractivity contribution in [1.29, 1.82) is 0 Å². The highest BCUT2D eigenvalue weighted by atomic mass is 19.1. The summed E-state index contributed by atoms with van der Waals surface area (Å²) in [7, 11) is 0. The number of ether oxygens (including phenoxy) is 1. The first-order chi connectivity index (χ1) is 14.7. The maximum atomic E-state index is 15.5. The van der Waals surface area contributed by atoms with E-state index in [2.05, 4.69) is 35.3 Å². The summed E-state index contributed by atoms with van der Waals surface area (Å²) < 4.78 is 20.8. The third-order valence-electron chi connectivity index (χ3n) is 6.93. The zero-order chi connectivity index (χ0) is 20.1. The zero-order valence-corrected chi connectivity index (χ0v) is 17.1. The molecule has 2 aliphatic carbocycles. The normalized spacial score (nSPS) is 23.3. The fourth-order valence-corrected chi connectivity index (χ4v) is 4.45. The van der Waals surface area contributed by atoms with Gasteiger partial charge < -0.3 is 15.0 Å². The standard InChI is InChI=1S/C21H28FN7O/c22-18-20(23-17-10-16(26-27-17)13-2-1-3-13)24-19(14-4-5-14)25-21(18)29-8-6-28(7-9-29)15-11-30-12-15/h10,13-15H,1-9,11-12H2,(H2,23,24,25,26,27). The lowest BCUT2D eigenvalue weighted by atomic mass is 9.83. The SMILES string of the molecule is Fc1c(Nc2cc(C3CCC3)[nH]n2)nc(C2CC2)nc1N1CCN(C2COC2)CC1. The van der Waals surface area contributed by atoms with Gasteiger partial charge in [0.1, 0.15) is 5.82 Å². The summed E-state index contributed by atoms with van der Waals surface area (Å²) >= 11 is 0. The van der Waals surface area contributed by atoms with E-state index >= 15 is 4.39 Å². The van der Waals surface area contributed by atoms with Crippen LogP contribution in [0.2, 0.25) is 0 Å². The van der Waals surface area contributed by atoms with Crippen molar-refractivity contribution in [2.45, 2.75) is 50.0 Å². The Bertz CT molecular complexity index is 914. The highest BCUT2D eigenvalue weighted by molar-refractivity contribution is 5.59. The van der Waals surface area contributed by atoms with E-state index in [1.165, 1.54) is 19.3 Å². The van der Waals surface area contributed by atoms with E-state index < -0.39 is 0 Å². The van der Waals surface area contributed by atoms with Gasteiger partial charge in [-0.2, -0.15) is 9.49 Å². The van der Waals surface area contributed by atoms with Crippen LogP contribution in [0.15, 0.2) is 6.07 Å². The largest absolute Gasteiger partial charge is 0.378 e. The molecule has 2 aromatic rings. The van der Waals surface area contributed by atoms with Crippen LogP contribution in [0.3, 0.4) is 0 Å². The lowest BCUT2D eigenvalue weighted by Crippen LogP contribution is -2.56. The van der Waals surface area contributed by atoms with Gasteiger partial charge in [-0.25, -0.2) is 9.97 Å². The number of aromatic amines is 1. The van der Waals surface area contributed by atoms with Crippen LogP contribution in [0.25, 0.3) is 0 Å². The van der Waals surface area contributed by atoms with Gasteiger partial charge in [-0.1, -0.05) is 6.42 Å². The predicted octanol–water partition coefficient (Wildman–Crippen LogP) is 2.75. The van der Waals surface area contributed by atoms with Crippen molar-refractivity contribution in [3.8, 4) is 0 Å². The Morgan fingerprint density at radius 1 is 1.03 bits per heavy atom. The van der Waals surface area contributed by atoms with E-state index in [4.69, 9.17) is 4.74 Å². The second-order valence-electron chi connectivity index (χ2n) is 9.02. The van der Waals surface area contributed by atoms with Gasteiger partial charge in [0.25, 0.3) is 0 Å². The van der Waals surface area contributed by atoms with Gasteiger partial charge in [-0.15, -0.1) is 0 Å². The third kappa shape index (κ3) is 3.43. The molecule has 9 heteroatoms.